The average molecular weight is 471 g/mol. The van der Waals surface area contributed by atoms with Crippen LogP contribution in [0, 0.1) is 13.8 Å². The number of carbonyl (C=O) groups excluding carboxylic acids is 2. The maximum Gasteiger partial charge on any atom is 0.325 e. The minimum atomic E-state index is -0.469. The van der Waals surface area contributed by atoms with Crippen LogP contribution in [0.15, 0.2) is 35.3 Å². The van der Waals surface area contributed by atoms with Crippen LogP contribution in [0.25, 0.3) is 16.3 Å². The highest BCUT2D eigenvalue weighted by Crippen LogP contribution is 2.38. The third-order valence-electron chi connectivity index (χ3n) is 4.94. The lowest BCUT2D eigenvalue weighted by atomic mass is 10.1. The molecule has 8 nitrogen and oxygen atoms in total. The molecule has 174 valence electrons. The summed E-state index contributed by atoms with van der Waals surface area (Å²) in [6.45, 7) is 3.93. The predicted octanol–water partition coefficient (Wildman–Crippen LogP) is 3.66. The van der Waals surface area contributed by atoms with Gasteiger partial charge in [0.15, 0.2) is 16.3 Å². The number of carbonyl (C=O) groups is 2. The van der Waals surface area contributed by atoms with Crippen LogP contribution in [0.4, 0.5) is 0 Å². The van der Waals surface area contributed by atoms with Crippen molar-refractivity contribution in [1.82, 2.24) is 4.57 Å². The minimum Gasteiger partial charge on any atom is -0.493 e. The Morgan fingerprint density at radius 1 is 1.00 bits per heavy atom. The van der Waals surface area contributed by atoms with Crippen LogP contribution in [0.5, 0.6) is 17.2 Å². The van der Waals surface area contributed by atoms with E-state index >= 15 is 0 Å². The molecule has 9 heteroatoms. The second-order valence-electron chi connectivity index (χ2n) is 7.22. The van der Waals surface area contributed by atoms with Crippen molar-refractivity contribution in [1.29, 1.82) is 0 Å². The Balaban J connectivity index is 2.03. The quantitative estimate of drug-likeness (QED) is 0.387. The van der Waals surface area contributed by atoms with E-state index in [1.165, 1.54) is 45.9 Å². The molecule has 2 aromatic carbocycles. The lowest BCUT2D eigenvalue weighted by molar-refractivity contribution is -0.141. The van der Waals surface area contributed by atoms with Gasteiger partial charge in [-0.3, -0.25) is 9.59 Å². The number of hydrogen-bond acceptors (Lipinski definition) is 7. The molecular formula is C24H26N2O6S. The van der Waals surface area contributed by atoms with E-state index in [9.17, 15) is 9.59 Å². The zero-order chi connectivity index (χ0) is 24.1. The van der Waals surface area contributed by atoms with Gasteiger partial charge in [-0.25, -0.2) is 0 Å². The van der Waals surface area contributed by atoms with E-state index in [1.807, 2.05) is 19.9 Å². The molecule has 0 aliphatic carbocycles. The van der Waals surface area contributed by atoms with Crippen molar-refractivity contribution in [2.45, 2.75) is 20.4 Å². The molecule has 0 atom stereocenters. The van der Waals surface area contributed by atoms with Crippen LogP contribution in [-0.2, 0) is 20.9 Å². The Bertz CT molecular complexity index is 1280. The molecule has 1 heterocycles. The lowest BCUT2D eigenvalue weighted by Crippen LogP contribution is -2.22. The fourth-order valence-corrected chi connectivity index (χ4v) is 4.53. The summed E-state index contributed by atoms with van der Waals surface area (Å²) in [6.07, 6.45) is 2.97. The van der Waals surface area contributed by atoms with Gasteiger partial charge in [0.25, 0.3) is 5.91 Å². The fraction of sp³-hybridized carbons (Fsp3) is 0.292. The Kier molecular flexibility index (Phi) is 7.55. The van der Waals surface area contributed by atoms with Gasteiger partial charge in [0.05, 0.1) is 38.7 Å². The highest BCUT2D eigenvalue weighted by atomic mass is 32.1. The van der Waals surface area contributed by atoms with Gasteiger partial charge < -0.3 is 23.5 Å². The van der Waals surface area contributed by atoms with Crippen LogP contribution in [0.2, 0.25) is 0 Å². The zero-order valence-electron chi connectivity index (χ0n) is 19.4. The molecule has 3 aromatic rings. The monoisotopic (exact) mass is 470 g/mol. The van der Waals surface area contributed by atoms with Gasteiger partial charge in [0.2, 0.25) is 5.75 Å². The Labute approximate surface area is 195 Å². The van der Waals surface area contributed by atoms with E-state index in [-0.39, 0.29) is 6.54 Å². The molecule has 0 N–H and O–H groups in total. The second-order valence-corrected chi connectivity index (χ2v) is 8.20. The number of aryl methyl sites for hydroxylation is 2. The number of amides is 1. The maximum absolute atomic E-state index is 12.7. The summed E-state index contributed by atoms with van der Waals surface area (Å²) in [7, 11) is 5.90. The summed E-state index contributed by atoms with van der Waals surface area (Å²) in [5, 5.41) is 0. The topological polar surface area (TPSA) is 88.4 Å². The van der Waals surface area contributed by atoms with Crippen molar-refractivity contribution in [3.63, 3.8) is 0 Å². The van der Waals surface area contributed by atoms with Crippen LogP contribution < -0.4 is 19.0 Å². The Morgan fingerprint density at radius 2 is 1.67 bits per heavy atom. The van der Waals surface area contributed by atoms with E-state index in [0.717, 1.165) is 21.3 Å². The van der Waals surface area contributed by atoms with Gasteiger partial charge in [-0.2, -0.15) is 4.99 Å². The molecule has 0 saturated heterocycles. The number of ether oxygens (including phenoxy) is 4. The standard InChI is InChI=1S/C24H26N2O6S/c1-14-9-15(2)23-17(10-14)26(13-21(28)31-5)24(33-23)25-20(27)8-7-16-11-18(29-3)22(32-6)19(12-16)30-4/h7-12H,13H2,1-6H3. The number of fused-ring (bicyclic) bond motifs is 1. The smallest absolute Gasteiger partial charge is 0.325 e. The number of hydrogen-bond donors (Lipinski definition) is 0. The van der Waals surface area contributed by atoms with Crippen molar-refractivity contribution in [3.05, 3.63) is 51.8 Å². The largest absolute Gasteiger partial charge is 0.493 e. The number of thiazole rings is 1. The summed E-state index contributed by atoms with van der Waals surface area (Å²) in [4.78, 5) is 29.4. The van der Waals surface area contributed by atoms with Gasteiger partial charge >= 0.3 is 5.97 Å². The van der Waals surface area contributed by atoms with Gasteiger partial charge in [0.1, 0.15) is 6.54 Å². The molecule has 0 spiro atoms. The number of nitrogens with zero attached hydrogens (tertiary/aromatic N) is 2. The van der Waals surface area contributed by atoms with E-state index < -0.39 is 11.9 Å². The Hall–Kier alpha value is -3.59. The fourth-order valence-electron chi connectivity index (χ4n) is 3.44. The molecule has 0 fully saturated rings. The first-order valence-corrected chi connectivity index (χ1v) is 10.9. The van der Waals surface area contributed by atoms with E-state index in [1.54, 1.807) is 22.8 Å². The average Bonchev–Trinajstić information content (AvgIpc) is 3.13. The first-order chi connectivity index (χ1) is 15.8. The zero-order valence-corrected chi connectivity index (χ0v) is 20.2. The van der Waals surface area contributed by atoms with Crippen molar-refractivity contribution < 1.29 is 28.5 Å². The van der Waals surface area contributed by atoms with Gasteiger partial charge in [0, 0.05) is 6.08 Å². The molecule has 0 bridgehead atoms. The van der Waals surface area contributed by atoms with Crippen LogP contribution in [0.3, 0.4) is 0 Å². The van der Waals surface area contributed by atoms with Crippen LogP contribution >= 0.6 is 11.3 Å². The first kappa shape index (κ1) is 24.1. The van der Waals surface area contributed by atoms with Gasteiger partial charge in [-0.05, 0) is 54.8 Å². The third kappa shape index (κ3) is 5.25. The van der Waals surface area contributed by atoms with Crippen LogP contribution in [-0.4, -0.2) is 44.9 Å². The number of aromatic nitrogens is 1. The highest BCUT2D eigenvalue weighted by molar-refractivity contribution is 7.16. The highest BCUT2D eigenvalue weighted by Gasteiger charge is 2.14. The van der Waals surface area contributed by atoms with Crippen molar-refractivity contribution in [2.75, 3.05) is 28.4 Å². The summed E-state index contributed by atoms with van der Waals surface area (Å²) in [5.74, 6) is 0.534. The van der Waals surface area contributed by atoms with Crippen molar-refractivity contribution >= 4 is 39.5 Å². The molecule has 0 aliphatic rings. The summed E-state index contributed by atoms with van der Waals surface area (Å²) in [5.41, 5.74) is 3.62. The van der Waals surface area contributed by atoms with E-state index in [4.69, 9.17) is 18.9 Å². The number of methoxy groups -OCH3 is 4. The molecular weight excluding hydrogens is 444 g/mol. The molecule has 33 heavy (non-hydrogen) atoms. The van der Waals surface area contributed by atoms with Gasteiger partial charge in [-0.1, -0.05) is 17.4 Å². The van der Waals surface area contributed by atoms with Crippen LogP contribution in [0.1, 0.15) is 16.7 Å². The van der Waals surface area contributed by atoms with Gasteiger partial charge in [-0.15, -0.1) is 0 Å². The third-order valence-corrected chi connectivity index (χ3v) is 6.17. The molecule has 0 unspecified atom stereocenters. The summed E-state index contributed by atoms with van der Waals surface area (Å²) in [6, 6.07) is 7.48. The molecule has 1 aromatic heterocycles. The molecule has 0 saturated carbocycles. The van der Waals surface area contributed by atoms with E-state index in [0.29, 0.717) is 27.6 Å². The number of esters is 1. The minimum absolute atomic E-state index is 0.0396. The predicted molar refractivity (Wildman–Crippen MR) is 127 cm³/mol. The maximum atomic E-state index is 12.7. The normalized spacial score (nSPS) is 11.8. The molecule has 0 radical (unpaired) electrons. The summed E-state index contributed by atoms with van der Waals surface area (Å²) >= 11 is 1.36. The SMILES string of the molecule is COC(=O)Cn1c(=NC(=O)C=Cc2cc(OC)c(OC)c(OC)c2)sc2c(C)cc(C)cc21. The molecule has 3 rings (SSSR count). The first-order valence-electron chi connectivity index (χ1n) is 10.1. The number of rotatable bonds is 7. The van der Waals surface area contributed by atoms with E-state index in [2.05, 4.69) is 11.1 Å². The number of benzene rings is 2. The van der Waals surface area contributed by atoms with Crippen molar-refractivity contribution in [3.8, 4) is 17.2 Å². The summed E-state index contributed by atoms with van der Waals surface area (Å²) < 4.78 is 23.5. The second kappa shape index (κ2) is 10.4. The Morgan fingerprint density at radius 3 is 2.24 bits per heavy atom. The van der Waals surface area contributed by atoms with Crippen molar-refractivity contribution in [2.24, 2.45) is 4.99 Å². The molecule has 1 amide bonds. The molecule has 0 aliphatic heterocycles. The lowest BCUT2D eigenvalue weighted by Gasteiger charge is -2.12.